The van der Waals surface area contributed by atoms with Gasteiger partial charge in [-0.2, -0.15) is 12.6 Å². The van der Waals surface area contributed by atoms with Crippen LogP contribution in [0.25, 0.3) is 0 Å². The second-order valence-electron chi connectivity index (χ2n) is 7.68. The molecular weight excluding hydrogens is 390 g/mol. The van der Waals surface area contributed by atoms with Crippen LogP contribution in [0, 0.1) is 0 Å². The molecule has 0 aliphatic carbocycles. The number of carbonyl (C=O) groups excluding carboxylic acids is 3. The van der Waals surface area contributed by atoms with Crippen molar-refractivity contribution in [3.63, 3.8) is 0 Å². The Hall–Kier alpha value is -0.920. The van der Waals surface area contributed by atoms with Crippen molar-refractivity contribution in [1.29, 1.82) is 0 Å². The fourth-order valence-corrected chi connectivity index (χ4v) is 3.56. The van der Waals surface area contributed by atoms with Crippen LogP contribution in [0.5, 0.6) is 0 Å². The zero-order valence-corrected chi connectivity index (χ0v) is 19.0. The Bertz CT molecular complexity index is 447. The first-order valence-corrected chi connectivity index (χ1v) is 11.9. The van der Waals surface area contributed by atoms with Crippen molar-refractivity contribution < 1.29 is 24.6 Å². The van der Waals surface area contributed by atoms with E-state index in [-0.39, 0.29) is 12.2 Å². The highest BCUT2D eigenvalue weighted by Crippen LogP contribution is 2.14. The number of aldehydes is 1. The zero-order valence-electron chi connectivity index (χ0n) is 18.1. The van der Waals surface area contributed by atoms with E-state index in [2.05, 4.69) is 19.6 Å². The molecule has 0 aromatic rings. The lowest BCUT2D eigenvalue weighted by Crippen LogP contribution is -2.51. The zero-order chi connectivity index (χ0) is 21.9. The molecule has 6 nitrogen and oxygen atoms in total. The number of nitrogens with zero attached hydrogens (tertiary/aromatic N) is 1. The van der Waals surface area contributed by atoms with Crippen molar-refractivity contribution >= 4 is 30.7 Å². The summed E-state index contributed by atoms with van der Waals surface area (Å²) in [7, 11) is 0. The molecule has 0 aliphatic heterocycles. The molecule has 170 valence electrons. The minimum atomic E-state index is -1.70. The van der Waals surface area contributed by atoms with Crippen LogP contribution in [-0.4, -0.2) is 57.7 Å². The maximum Gasteiger partial charge on any atom is 0.261 e. The van der Waals surface area contributed by atoms with Gasteiger partial charge in [0.15, 0.2) is 6.10 Å². The van der Waals surface area contributed by atoms with Gasteiger partial charge in [-0.25, -0.2) is 0 Å². The molecule has 7 heteroatoms. The number of rotatable bonds is 19. The first-order valence-electron chi connectivity index (χ1n) is 11.2. The van der Waals surface area contributed by atoms with E-state index in [9.17, 15) is 19.5 Å². The van der Waals surface area contributed by atoms with Crippen LogP contribution in [0.2, 0.25) is 0 Å². The summed E-state index contributed by atoms with van der Waals surface area (Å²) in [6.45, 7) is 1.44. The topological polar surface area (TPSA) is 94.9 Å². The van der Waals surface area contributed by atoms with Gasteiger partial charge >= 0.3 is 0 Å². The fourth-order valence-electron chi connectivity index (χ4n) is 3.31. The van der Waals surface area contributed by atoms with Gasteiger partial charge < -0.3 is 15.0 Å². The average molecular weight is 432 g/mol. The second kappa shape index (κ2) is 19.1. The first kappa shape index (κ1) is 28.1. The minimum Gasteiger partial charge on any atom is -0.393 e. The molecule has 2 N–H and O–H groups in total. The molecule has 0 rings (SSSR count). The molecule has 1 unspecified atom stereocenters. The van der Waals surface area contributed by atoms with Crippen LogP contribution in [0.15, 0.2) is 0 Å². The van der Waals surface area contributed by atoms with Crippen LogP contribution in [0.4, 0.5) is 0 Å². The van der Waals surface area contributed by atoms with E-state index < -0.39 is 30.6 Å². The molecule has 0 aromatic carbocycles. The van der Waals surface area contributed by atoms with Gasteiger partial charge in [-0.3, -0.25) is 14.5 Å². The lowest BCUT2D eigenvalue weighted by Gasteiger charge is -2.27. The molecule has 29 heavy (non-hydrogen) atoms. The van der Waals surface area contributed by atoms with Gasteiger partial charge in [0, 0.05) is 12.2 Å². The highest BCUT2D eigenvalue weighted by Gasteiger charge is 2.32. The van der Waals surface area contributed by atoms with Crippen molar-refractivity contribution in [3.05, 3.63) is 0 Å². The lowest BCUT2D eigenvalue weighted by molar-refractivity contribution is -0.155. The predicted molar refractivity (Wildman–Crippen MR) is 119 cm³/mol. The highest BCUT2D eigenvalue weighted by atomic mass is 32.1. The SMILES string of the molecule is CCCCCCCCCCCCCCCC(=O)N(C(=O)[C@@H](O)CO)C(C=O)CS. The summed E-state index contributed by atoms with van der Waals surface area (Å²) in [5.74, 6) is -1.47. The van der Waals surface area contributed by atoms with Crippen molar-refractivity contribution in [2.24, 2.45) is 0 Å². The molecule has 0 aliphatic rings. The van der Waals surface area contributed by atoms with Crippen LogP contribution in [0.1, 0.15) is 96.8 Å². The van der Waals surface area contributed by atoms with E-state index in [1.54, 1.807) is 0 Å². The molecule has 0 heterocycles. The van der Waals surface area contributed by atoms with Crippen LogP contribution < -0.4 is 0 Å². The molecular formula is C22H41NO5S. The van der Waals surface area contributed by atoms with Gasteiger partial charge in [0.25, 0.3) is 5.91 Å². The molecule has 0 aromatic heterocycles. The van der Waals surface area contributed by atoms with E-state index in [1.807, 2.05) is 0 Å². The highest BCUT2D eigenvalue weighted by molar-refractivity contribution is 7.80. The summed E-state index contributed by atoms with van der Waals surface area (Å²) in [5.41, 5.74) is 0. The Morgan fingerprint density at radius 2 is 1.34 bits per heavy atom. The third kappa shape index (κ3) is 13.1. The predicted octanol–water partition coefficient (Wildman–Crippen LogP) is 3.67. The van der Waals surface area contributed by atoms with Gasteiger partial charge in [-0.1, -0.05) is 84.0 Å². The molecule has 2 amide bonds. The number of aliphatic hydroxyl groups is 2. The van der Waals surface area contributed by atoms with Gasteiger partial charge in [-0.15, -0.1) is 0 Å². The number of aliphatic hydroxyl groups excluding tert-OH is 2. The van der Waals surface area contributed by atoms with Crippen LogP contribution in [-0.2, 0) is 14.4 Å². The summed E-state index contributed by atoms with van der Waals surface area (Å²) in [4.78, 5) is 36.4. The van der Waals surface area contributed by atoms with Crippen LogP contribution in [0.3, 0.4) is 0 Å². The van der Waals surface area contributed by atoms with Crippen molar-refractivity contribution in [2.45, 2.75) is 109 Å². The monoisotopic (exact) mass is 431 g/mol. The molecule has 0 radical (unpaired) electrons. The number of amides is 2. The Morgan fingerprint density at radius 3 is 1.72 bits per heavy atom. The summed E-state index contributed by atoms with van der Waals surface area (Å²) >= 11 is 3.99. The van der Waals surface area contributed by atoms with Crippen molar-refractivity contribution in [2.75, 3.05) is 12.4 Å². The van der Waals surface area contributed by atoms with E-state index in [0.29, 0.717) is 12.7 Å². The quantitative estimate of drug-likeness (QED) is 0.165. The number of carbonyl (C=O) groups is 3. The Kier molecular flexibility index (Phi) is 18.5. The maximum atomic E-state index is 12.4. The fraction of sp³-hybridized carbons (Fsp3) is 0.864. The Labute approximate surface area is 181 Å². The third-order valence-electron chi connectivity index (χ3n) is 5.13. The van der Waals surface area contributed by atoms with Crippen molar-refractivity contribution in [3.8, 4) is 0 Å². The standard InChI is InChI=1S/C22H41NO5S/c1-2-3-4-5-6-7-8-9-10-11-12-13-14-15-21(27)23(19(16-24)18-29)22(28)20(26)17-25/h16,19-20,25-26,29H,2-15,17-18H2,1H3/t19?,20-/m0/s1. The molecule has 0 saturated heterocycles. The normalized spacial score (nSPS) is 13.1. The lowest BCUT2D eigenvalue weighted by atomic mass is 10.0. The van der Waals surface area contributed by atoms with Gasteiger partial charge in [-0.05, 0) is 6.42 Å². The van der Waals surface area contributed by atoms with Gasteiger partial charge in [0.05, 0.1) is 6.61 Å². The molecule has 2 atom stereocenters. The smallest absolute Gasteiger partial charge is 0.261 e. The maximum absolute atomic E-state index is 12.4. The number of hydrogen-bond donors (Lipinski definition) is 3. The minimum absolute atomic E-state index is 0.0161. The third-order valence-corrected chi connectivity index (χ3v) is 5.51. The largest absolute Gasteiger partial charge is 0.393 e. The van der Waals surface area contributed by atoms with E-state index >= 15 is 0 Å². The molecule has 0 bridgehead atoms. The van der Waals surface area contributed by atoms with Crippen LogP contribution >= 0.6 is 12.6 Å². The summed E-state index contributed by atoms with van der Waals surface area (Å²) in [5, 5.41) is 18.5. The molecule has 0 spiro atoms. The number of hydrogen-bond acceptors (Lipinski definition) is 6. The Morgan fingerprint density at radius 1 is 0.897 bits per heavy atom. The van der Waals surface area contributed by atoms with E-state index in [1.165, 1.54) is 57.8 Å². The van der Waals surface area contributed by atoms with Crippen molar-refractivity contribution in [1.82, 2.24) is 4.90 Å². The first-order chi connectivity index (χ1) is 14.0. The van der Waals surface area contributed by atoms with E-state index in [4.69, 9.17) is 5.11 Å². The number of imide groups is 1. The number of thiol groups is 1. The second-order valence-corrected chi connectivity index (χ2v) is 8.04. The average Bonchev–Trinajstić information content (AvgIpc) is 2.73. The summed E-state index contributed by atoms with van der Waals surface area (Å²) < 4.78 is 0. The summed E-state index contributed by atoms with van der Waals surface area (Å²) in [6.07, 6.45) is 14.4. The Balaban J connectivity index is 3.96. The molecule has 0 fully saturated rings. The number of unbranched alkanes of at least 4 members (excludes halogenated alkanes) is 12. The van der Waals surface area contributed by atoms with Gasteiger partial charge in [0.2, 0.25) is 5.91 Å². The summed E-state index contributed by atoms with van der Waals surface area (Å²) in [6, 6.07) is -1.03. The van der Waals surface area contributed by atoms with Gasteiger partial charge in [0.1, 0.15) is 12.3 Å². The van der Waals surface area contributed by atoms with E-state index in [0.717, 1.165) is 24.2 Å². The molecule has 0 saturated carbocycles.